The largest absolute Gasteiger partial charge is 0.310 e. The predicted molar refractivity (Wildman–Crippen MR) is 55.9 cm³/mol. The Morgan fingerprint density at radius 3 is 2.38 bits per heavy atom. The minimum absolute atomic E-state index is 0.352. The normalized spacial score (nSPS) is 36.2. The van der Waals surface area contributed by atoms with Crippen molar-refractivity contribution in [2.75, 3.05) is 19.6 Å². The molecule has 0 saturated carbocycles. The molecule has 0 radical (unpaired) electrons. The molecule has 2 nitrogen and oxygen atoms in total. The Kier molecular flexibility index (Phi) is 2.16. The van der Waals surface area contributed by atoms with Crippen LogP contribution in [0.1, 0.15) is 40.0 Å². The van der Waals surface area contributed by atoms with Crippen LogP contribution >= 0.6 is 0 Å². The van der Waals surface area contributed by atoms with Gasteiger partial charge in [-0.1, -0.05) is 0 Å². The third kappa shape index (κ3) is 1.75. The lowest BCUT2D eigenvalue weighted by molar-refractivity contribution is 0.0189. The zero-order valence-electron chi connectivity index (χ0n) is 9.19. The lowest BCUT2D eigenvalue weighted by Gasteiger charge is -2.53. The van der Waals surface area contributed by atoms with Gasteiger partial charge in [-0.2, -0.15) is 0 Å². The molecule has 2 rings (SSSR count). The van der Waals surface area contributed by atoms with Gasteiger partial charge in [-0.25, -0.2) is 0 Å². The van der Waals surface area contributed by atoms with Gasteiger partial charge < -0.3 is 5.32 Å². The van der Waals surface area contributed by atoms with E-state index < -0.39 is 0 Å². The first kappa shape index (κ1) is 9.47. The van der Waals surface area contributed by atoms with E-state index in [1.165, 1.54) is 38.9 Å². The number of rotatable bonds is 0. The average molecular weight is 182 g/mol. The van der Waals surface area contributed by atoms with Crippen LogP contribution in [0.25, 0.3) is 0 Å². The van der Waals surface area contributed by atoms with Gasteiger partial charge in [-0.3, -0.25) is 4.90 Å². The standard InChI is InChI=1S/C11H22N2/c1-10(2,3)13-8-4-5-11(9-13)6-7-12-11/h12H,4-9H2,1-3H3/t11-/m1/s1. The first-order valence-corrected chi connectivity index (χ1v) is 5.52. The Morgan fingerprint density at radius 2 is 1.92 bits per heavy atom. The molecule has 76 valence electrons. The summed E-state index contributed by atoms with van der Waals surface area (Å²) >= 11 is 0. The lowest BCUT2D eigenvalue weighted by atomic mass is 9.79. The fourth-order valence-corrected chi connectivity index (χ4v) is 2.53. The van der Waals surface area contributed by atoms with Gasteiger partial charge >= 0.3 is 0 Å². The highest BCUT2D eigenvalue weighted by Gasteiger charge is 2.42. The second-order valence-electron chi connectivity index (χ2n) is 5.65. The molecule has 2 saturated heterocycles. The molecule has 0 bridgehead atoms. The second-order valence-corrected chi connectivity index (χ2v) is 5.65. The van der Waals surface area contributed by atoms with Crippen molar-refractivity contribution in [2.45, 2.75) is 51.1 Å². The molecule has 0 amide bonds. The molecule has 1 N–H and O–H groups in total. The number of piperidine rings is 1. The summed E-state index contributed by atoms with van der Waals surface area (Å²) in [5, 5.41) is 3.62. The van der Waals surface area contributed by atoms with E-state index in [0.717, 1.165) is 0 Å². The van der Waals surface area contributed by atoms with Crippen molar-refractivity contribution in [2.24, 2.45) is 0 Å². The van der Waals surface area contributed by atoms with E-state index in [1.54, 1.807) is 0 Å². The van der Waals surface area contributed by atoms with E-state index in [-0.39, 0.29) is 0 Å². The average Bonchev–Trinajstić information content (AvgIpc) is 2.00. The molecule has 2 heterocycles. The van der Waals surface area contributed by atoms with E-state index in [4.69, 9.17) is 0 Å². The number of nitrogens with zero attached hydrogens (tertiary/aromatic N) is 1. The van der Waals surface area contributed by atoms with Crippen LogP contribution in [-0.4, -0.2) is 35.6 Å². The Balaban J connectivity index is 2.00. The van der Waals surface area contributed by atoms with Crippen LogP contribution in [-0.2, 0) is 0 Å². The highest BCUT2D eigenvalue weighted by molar-refractivity contribution is 5.03. The van der Waals surface area contributed by atoms with Gasteiger partial charge in [-0.15, -0.1) is 0 Å². The monoisotopic (exact) mass is 182 g/mol. The zero-order valence-corrected chi connectivity index (χ0v) is 9.19. The molecular formula is C11H22N2. The SMILES string of the molecule is CC(C)(C)N1CCC[C@@]2(CCN2)C1. The molecule has 0 unspecified atom stereocenters. The highest BCUT2D eigenvalue weighted by atomic mass is 15.2. The van der Waals surface area contributed by atoms with Crippen LogP contribution in [0.15, 0.2) is 0 Å². The minimum Gasteiger partial charge on any atom is -0.310 e. The number of hydrogen-bond acceptors (Lipinski definition) is 2. The molecule has 0 aromatic carbocycles. The Morgan fingerprint density at radius 1 is 1.23 bits per heavy atom. The maximum absolute atomic E-state index is 3.62. The smallest absolute Gasteiger partial charge is 0.0321 e. The number of nitrogens with one attached hydrogen (secondary N) is 1. The topological polar surface area (TPSA) is 15.3 Å². The van der Waals surface area contributed by atoms with Crippen molar-refractivity contribution in [1.82, 2.24) is 10.2 Å². The zero-order chi connectivity index (χ0) is 9.53. The first-order valence-electron chi connectivity index (χ1n) is 5.52. The summed E-state index contributed by atoms with van der Waals surface area (Å²) in [6, 6.07) is 0. The summed E-state index contributed by atoms with van der Waals surface area (Å²) in [5.74, 6) is 0. The van der Waals surface area contributed by atoms with Crippen LogP contribution < -0.4 is 5.32 Å². The van der Waals surface area contributed by atoms with Crippen molar-refractivity contribution in [3.8, 4) is 0 Å². The van der Waals surface area contributed by atoms with Gasteiger partial charge in [0.1, 0.15) is 0 Å². The van der Waals surface area contributed by atoms with Gasteiger partial charge in [0.25, 0.3) is 0 Å². The molecule has 1 atom stereocenters. The maximum Gasteiger partial charge on any atom is 0.0321 e. The van der Waals surface area contributed by atoms with Crippen molar-refractivity contribution in [3.05, 3.63) is 0 Å². The van der Waals surface area contributed by atoms with E-state index in [1.807, 2.05) is 0 Å². The summed E-state index contributed by atoms with van der Waals surface area (Å²) in [7, 11) is 0. The number of hydrogen-bond donors (Lipinski definition) is 1. The number of likely N-dealkylation sites (tertiary alicyclic amines) is 1. The molecule has 1 spiro atoms. The Bertz CT molecular complexity index is 189. The van der Waals surface area contributed by atoms with Gasteiger partial charge in [0.15, 0.2) is 0 Å². The summed E-state index contributed by atoms with van der Waals surface area (Å²) in [6.07, 6.45) is 4.14. The van der Waals surface area contributed by atoms with E-state index >= 15 is 0 Å². The van der Waals surface area contributed by atoms with Crippen LogP contribution in [0.5, 0.6) is 0 Å². The maximum atomic E-state index is 3.62. The van der Waals surface area contributed by atoms with E-state index in [9.17, 15) is 0 Å². The van der Waals surface area contributed by atoms with Crippen molar-refractivity contribution >= 4 is 0 Å². The fourth-order valence-electron chi connectivity index (χ4n) is 2.53. The van der Waals surface area contributed by atoms with Crippen LogP contribution in [0.3, 0.4) is 0 Å². The van der Waals surface area contributed by atoms with Crippen LogP contribution in [0, 0.1) is 0 Å². The lowest BCUT2D eigenvalue weighted by Crippen LogP contribution is -2.67. The van der Waals surface area contributed by atoms with Crippen molar-refractivity contribution in [3.63, 3.8) is 0 Å². The molecule has 2 fully saturated rings. The molecule has 2 aliphatic rings. The molecule has 0 aromatic rings. The molecule has 2 heteroatoms. The quantitative estimate of drug-likeness (QED) is 0.612. The van der Waals surface area contributed by atoms with E-state index in [2.05, 4.69) is 31.0 Å². The third-order valence-corrected chi connectivity index (χ3v) is 3.63. The van der Waals surface area contributed by atoms with Gasteiger partial charge in [-0.05, 0) is 53.1 Å². The Hall–Kier alpha value is -0.0800. The molecule has 0 aliphatic carbocycles. The minimum atomic E-state index is 0.352. The second kappa shape index (κ2) is 2.96. The third-order valence-electron chi connectivity index (χ3n) is 3.63. The van der Waals surface area contributed by atoms with E-state index in [0.29, 0.717) is 11.1 Å². The van der Waals surface area contributed by atoms with Crippen LogP contribution in [0.2, 0.25) is 0 Å². The Labute approximate surface area is 81.7 Å². The summed E-state index contributed by atoms with van der Waals surface area (Å²) in [6.45, 7) is 10.8. The summed E-state index contributed by atoms with van der Waals surface area (Å²) < 4.78 is 0. The van der Waals surface area contributed by atoms with Crippen LogP contribution in [0.4, 0.5) is 0 Å². The van der Waals surface area contributed by atoms with Gasteiger partial charge in [0.2, 0.25) is 0 Å². The molecular weight excluding hydrogens is 160 g/mol. The molecule has 0 aromatic heterocycles. The predicted octanol–water partition coefficient (Wildman–Crippen LogP) is 1.61. The summed E-state index contributed by atoms with van der Waals surface area (Å²) in [5.41, 5.74) is 0.857. The molecule has 13 heavy (non-hydrogen) atoms. The van der Waals surface area contributed by atoms with Crippen molar-refractivity contribution in [1.29, 1.82) is 0 Å². The first-order chi connectivity index (χ1) is 6.02. The highest BCUT2D eigenvalue weighted by Crippen LogP contribution is 2.32. The fraction of sp³-hybridized carbons (Fsp3) is 1.00. The summed E-state index contributed by atoms with van der Waals surface area (Å²) in [4.78, 5) is 2.63. The van der Waals surface area contributed by atoms with Gasteiger partial charge in [0.05, 0.1) is 0 Å². The molecule has 2 aliphatic heterocycles. The van der Waals surface area contributed by atoms with Gasteiger partial charge in [0, 0.05) is 17.6 Å². The van der Waals surface area contributed by atoms with Crippen molar-refractivity contribution < 1.29 is 0 Å².